The summed E-state index contributed by atoms with van der Waals surface area (Å²) in [7, 11) is 0. The zero-order valence-corrected chi connectivity index (χ0v) is 11.0. The highest BCUT2D eigenvalue weighted by Gasteiger charge is 2.21. The number of fused-ring (bicyclic) bond motifs is 1. The third-order valence-corrected chi connectivity index (χ3v) is 3.81. The van der Waals surface area contributed by atoms with Crippen LogP contribution in [0, 0.1) is 5.82 Å². The minimum atomic E-state index is -0.233. The van der Waals surface area contributed by atoms with E-state index < -0.39 is 0 Å². The minimum absolute atomic E-state index is 0.0790. The summed E-state index contributed by atoms with van der Waals surface area (Å²) < 4.78 is 13.4. The molecule has 0 amide bonds. The fourth-order valence-electron chi connectivity index (χ4n) is 2.45. The Labute approximate surface area is 116 Å². The molecule has 0 aromatic heterocycles. The Morgan fingerprint density at radius 3 is 2.79 bits per heavy atom. The molecule has 1 N–H and O–H groups in total. The van der Waals surface area contributed by atoms with Gasteiger partial charge in [-0.05, 0) is 41.8 Å². The second kappa shape index (κ2) is 4.83. The molecule has 0 fully saturated rings. The molecule has 0 spiro atoms. The molecule has 3 rings (SSSR count). The van der Waals surface area contributed by atoms with E-state index >= 15 is 0 Å². The van der Waals surface area contributed by atoms with Crippen LogP contribution < -0.4 is 4.90 Å². The van der Waals surface area contributed by atoms with Crippen molar-refractivity contribution in [3.8, 4) is 0 Å². The van der Waals surface area contributed by atoms with E-state index in [1.807, 2.05) is 23.1 Å². The number of aliphatic hydroxyl groups excluding tert-OH is 1. The van der Waals surface area contributed by atoms with E-state index in [-0.39, 0.29) is 12.4 Å². The van der Waals surface area contributed by atoms with Gasteiger partial charge in [-0.2, -0.15) is 0 Å². The second-order valence-corrected chi connectivity index (χ2v) is 5.02. The maximum Gasteiger partial charge on any atom is 0.125 e. The number of aliphatic hydroxyl groups is 1. The quantitative estimate of drug-likeness (QED) is 0.905. The lowest BCUT2D eigenvalue weighted by atomic mass is 10.1. The van der Waals surface area contributed by atoms with Crippen molar-refractivity contribution in [2.45, 2.75) is 13.0 Å². The molecule has 4 heteroatoms. The predicted octanol–water partition coefficient (Wildman–Crippen LogP) is 3.67. The highest BCUT2D eigenvalue weighted by Crippen LogP contribution is 2.36. The molecule has 98 valence electrons. The fourth-order valence-corrected chi connectivity index (χ4v) is 2.69. The van der Waals surface area contributed by atoms with Crippen LogP contribution in [0.1, 0.15) is 11.1 Å². The molecule has 19 heavy (non-hydrogen) atoms. The molecule has 0 atom stereocenters. The van der Waals surface area contributed by atoms with E-state index in [0.29, 0.717) is 10.6 Å². The van der Waals surface area contributed by atoms with Gasteiger partial charge in [0.2, 0.25) is 0 Å². The summed E-state index contributed by atoms with van der Waals surface area (Å²) in [5.41, 5.74) is 3.66. The molecule has 1 heterocycles. The SMILES string of the molecule is OCc1ccc(N2CCc3ccc(F)cc32)cc1Cl. The van der Waals surface area contributed by atoms with Gasteiger partial charge in [0.25, 0.3) is 0 Å². The largest absolute Gasteiger partial charge is 0.392 e. The van der Waals surface area contributed by atoms with Gasteiger partial charge in [0.15, 0.2) is 0 Å². The lowest BCUT2D eigenvalue weighted by molar-refractivity contribution is 0.282. The summed E-state index contributed by atoms with van der Waals surface area (Å²) in [5.74, 6) is -0.233. The van der Waals surface area contributed by atoms with Gasteiger partial charge in [0.1, 0.15) is 5.82 Å². The number of hydrogen-bond donors (Lipinski definition) is 1. The standard InChI is InChI=1S/C15H13ClFNO/c16-14-8-13(4-2-11(14)9-19)18-6-5-10-1-3-12(17)7-15(10)18/h1-4,7-8,19H,5-6,9H2. The zero-order valence-electron chi connectivity index (χ0n) is 10.2. The van der Waals surface area contributed by atoms with E-state index in [1.165, 1.54) is 6.07 Å². The van der Waals surface area contributed by atoms with Crippen LogP contribution in [0.2, 0.25) is 5.02 Å². The number of hydrogen-bond acceptors (Lipinski definition) is 2. The molecule has 2 aromatic carbocycles. The van der Waals surface area contributed by atoms with Crippen molar-refractivity contribution in [2.24, 2.45) is 0 Å². The summed E-state index contributed by atoms with van der Waals surface area (Å²) in [6, 6.07) is 10.4. The Morgan fingerprint density at radius 2 is 2.05 bits per heavy atom. The molecule has 2 nitrogen and oxygen atoms in total. The van der Waals surface area contributed by atoms with Crippen molar-refractivity contribution in [1.82, 2.24) is 0 Å². The topological polar surface area (TPSA) is 23.5 Å². The highest BCUT2D eigenvalue weighted by molar-refractivity contribution is 6.31. The third-order valence-electron chi connectivity index (χ3n) is 3.46. The van der Waals surface area contributed by atoms with Crippen LogP contribution in [0.15, 0.2) is 36.4 Å². The Bertz CT molecular complexity index is 630. The highest BCUT2D eigenvalue weighted by atomic mass is 35.5. The molecular weight excluding hydrogens is 265 g/mol. The van der Waals surface area contributed by atoms with Crippen LogP contribution in [0.5, 0.6) is 0 Å². The summed E-state index contributed by atoms with van der Waals surface area (Å²) in [4.78, 5) is 2.05. The van der Waals surface area contributed by atoms with Crippen LogP contribution in [0.25, 0.3) is 0 Å². The third kappa shape index (κ3) is 2.20. The van der Waals surface area contributed by atoms with Gasteiger partial charge in [-0.1, -0.05) is 23.7 Å². The lowest BCUT2D eigenvalue weighted by Crippen LogP contribution is -2.13. The van der Waals surface area contributed by atoms with Crippen LogP contribution >= 0.6 is 11.6 Å². The van der Waals surface area contributed by atoms with Crippen molar-refractivity contribution in [3.63, 3.8) is 0 Å². The van der Waals surface area contributed by atoms with Crippen molar-refractivity contribution >= 4 is 23.0 Å². The normalized spacial score (nSPS) is 13.7. The number of anilines is 2. The van der Waals surface area contributed by atoms with Crippen LogP contribution in [-0.4, -0.2) is 11.7 Å². The first kappa shape index (κ1) is 12.5. The lowest BCUT2D eigenvalue weighted by Gasteiger charge is -2.20. The molecule has 0 bridgehead atoms. The molecule has 0 saturated carbocycles. The van der Waals surface area contributed by atoms with Crippen LogP contribution in [0.3, 0.4) is 0 Å². The van der Waals surface area contributed by atoms with E-state index in [2.05, 4.69) is 0 Å². The van der Waals surface area contributed by atoms with Gasteiger partial charge in [-0.15, -0.1) is 0 Å². The minimum Gasteiger partial charge on any atom is -0.392 e. The van der Waals surface area contributed by atoms with Crippen molar-refractivity contribution in [2.75, 3.05) is 11.4 Å². The molecule has 0 radical (unpaired) electrons. The molecule has 2 aromatic rings. The van der Waals surface area contributed by atoms with Crippen molar-refractivity contribution in [3.05, 3.63) is 58.4 Å². The number of benzene rings is 2. The van der Waals surface area contributed by atoms with Gasteiger partial charge in [-0.3, -0.25) is 0 Å². The summed E-state index contributed by atoms with van der Waals surface area (Å²) in [6.07, 6.45) is 0.898. The van der Waals surface area contributed by atoms with Crippen molar-refractivity contribution in [1.29, 1.82) is 0 Å². The Hall–Kier alpha value is -1.58. The van der Waals surface area contributed by atoms with E-state index in [1.54, 1.807) is 12.1 Å². The second-order valence-electron chi connectivity index (χ2n) is 4.61. The van der Waals surface area contributed by atoms with E-state index in [0.717, 1.165) is 29.9 Å². The average Bonchev–Trinajstić information content (AvgIpc) is 2.81. The summed E-state index contributed by atoms with van der Waals surface area (Å²) in [6.45, 7) is 0.734. The Morgan fingerprint density at radius 1 is 1.21 bits per heavy atom. The van der Waals surface area contributed by atoms with Gasteiger partial charge in [-0.25, -0.2) is 4.39 Å². The summed E-state index contributed by atoms with van der Waals surface area (Å²) in [5, 5.41) is 9.65. The Balaban J connectivity index is 2.01. The first-order chi connectivity index (χ1) is 9.19. The molecule has 1 aliphatic rings. The maximum atomic E-state index is 13.4. The van der Waals surface area contributed by atoms with Crippen molar-refractivity contribution < 1.29 is 9.50 Å². The average molecular weight is 278 g/mol. The predicted molar refractivity (Wildman–Crippen MR) is 74.5 cm³/mol. The zero-order chi connectivity index (χ0) is 13.4. The van der Waals surface area contributed by atoms with E-state index in [9.17, 15) is 4.39 Å². The fraction of sp³-hybridized carbons (Fsp3) is 0.200. The van der Waals surface area contributed by atoms with Crippen LogP contribution in [-0.2, 0) is 13.0 Å². The molecular formula is C15H13ClFNO. The van der Waals surface area contributed by atoms with Gasteiger partial charge < -0.3 is 10.0 Å². The van der Waals surface area contributed by atoms with Gasteiger partial charge in [0.05, 0.1) is 6.61 Å². The summed E-state index contributed by atoms with van der Waals surface area (Å²) >= 11 is 6.11. The monoisotopic (exact) mass is 277 g/mol. The van der Waals surface area contributed by atoms with E-state index in [4.69, 9.17) is 16.7 Å². The maximum absolute atomic E-state index is 13.4. The Kier molecular flexibility index (Phi) is 3.17. The molecule has 1 aliphatic heterocycles. The molecule has 0 unspecified atom stereocenters. The first-order valence-electron chi connectivity index (χ1n) is 6.14. The molecule has 0 aliphatic carbocycles. The smallest absolute Gasteiger partial charge is 0.125 e. The first-order valence-corrected chi connectivity index (χ1v) is 6.52. The number of halogens is 2. The number of rotatable bonds is 2. The number of nitrogens with zero attached hydrogens (tertiary/aromatic N) is 1. The van der Waals surface area contributed by atoms with Gasteiger partial charge in [0, 0.05) is 22.9 Å². The van der Waals surface area contributed by atoms with Gasteiger partial charge >= 0.3 is 0 Å². The van der Waals surface area contributed by atoms with Crippen LogP contribution in [0.4, 0.5) is 15.8 Å². The molecule has 0 saturated heterocycles.